The lowest BCUT2D eigenvalue weighted by Gasteiger charge is -2.50. The van der Waals surface area contributed by atoms with E-state index in [0.29, 0.717) is 12.0 Å². The fraction of sp³-hybridized carbons (Fsp3) is 0.455. The Morgan fingerprint density at radius 2 is 1.67 bits per heavy atom. The molecule has 0 aromatic heterocycles. The summed E-state index contributed by atoms with van der Waals surface area (Å²) >= 11 is 0. The quantitative estimate of drug-likeness (QED) is 0.909. The van der Waals surface area contributed by atoms with Gasteiger partial charge in [0.05, 0.1) is 6.10 Å². The number of fused-ring (bicyclic) bond motifs is 1. The third kappa shape index (κ3) is 1.96. The Morgan fingerprint density at radius 3 is 2.29 bits per heavy atom. The second kappa shape index (κ2) is 5.44. The molecule has 0 radical (unpaired) electrons. The van der Waals surface area contributed by atoms with Crippen molar-refractivity contribution in [3.05, 3.63) is 70.8 Å². The molecule has 2 aromatic carbocycles. The minimum absolute atomic E-state index is 0.225. The lowest BCUT2D eigenvalue weighted by Crippen LogP contribution is -2.47. The minimum Gasteiger partial charge on any atom is -0.361 e. The van der Waals surface area contributed by atoms with Gasteiger partial charge in [0.1, 0.15) is 5.60 Å². The fourth-order valence-corrected chi connectivity index (χ4v) is 5.28. The molecule has 1 saturated heterocycles. The summed E-state index contributed by atoms with van der Waals surface area (Å²) in [6.07, 6.45) is 5.01. The van der Waals surface area contributed by atoms with Crippen molar-refractivity contribution in [1.29, 1.82) is 0 Å². The summed E-state index contributed by atoms with van der Waals surface area (Å²) in [7, 11) is 0. The molecular weight excluding hydrogens is 294 g/mol. The number of hydrogen-bond acceptors (Lipinski definition) is 2. The van der Waals surface area contributed by atoms with Gasteiger partial charge in [0.2, 0.25) is 0 Å². The first-order valence-electron chi connectivity index (χ1n) is 9.39. The molecule has 3 aliphatic carbocycles. The minimum atomic E-state index is -0.258. The Labute approximate surface area is 144 Å². The van der Waals surface area contributed by atoms with Crippen LogP contribution in [0.1, 0.15) is 60.8 Å². The van der Waals surface area contributed by atoms with E-state index in [0.717, 1.165) is 13.0 Å². The van der Waals surface area contributed by atoms with Crippen LogP contribution in [0.4, 0.5) is 0 Å². The van der Waals surface area contributed by atoms with Crippen molar-refractivity contribution >= 4 is 0 Å². The molecule has 6 rings (SSSR count). The van der Waals surface area contributed by atoms with Crippen molar-refractivity contribution in [2.75, 3.05) is 6.54 Å². The van der Waals surface area contributed by atoms with Crippen molar-refractivity contribution < 1.29 is 4.74 Å². The van der Waals surface area contributed by atoms with Crippen LogP contribution in [0, 0.1) is 0 Å². The van der Waals surface area contributed by atoms with Gasteiger partial charge in [-0.2, -0.15) is 0 Å². The van der Waals surface area contributed by atoms with Gasteiger partial charge in [0.15, 0.2) is 0 Å². The van der Waals surface area contributed by atoms with Gasteiger partial charge in [-0.05, 0) is 61.4 Å². The van der Waals surface area contributed by atoms with Gasteiger partial charge in [-0.15, -0.1) is 0 Å². The standard InChI is InChI=1S/C22H25NO/c1-15(21-11-6-14-23-21)24-22-13-12-16(17-7-2-4-9-19(17)22)18-8-3-5-10-20(18)22/h2-5,7-10,15-16,21,23H,6,11-14H2,1H3. The largest absolute Gasteiger partial charge is 0.361 e. The highest BCUT2D eigenvalue weighted by molar-refractivity contribution is 5.57. The third-order valence-electron chi connectivity index (χ3n) is 6.38. The highest BCUT2D eigenvalue weighted by atomic mass is 16.5. The monoisotopic (exact) mass is 319 g/mol. The summed E-state index contributed by atoms with van der Waals surface area (Å²) in [5.41, 5.74) is 5.52. The first kappa shape index (κ1) is 14.7. The van der Waals surface area contributed by atoms with E-state index < -0.39 is 0 Å². The summed E-state index contributed by atoms with van der Waals surface area (Å²) < 4.78 is 6.94. The van der Waals surface area contributed by atoms with E-state index in [-0.39, 0.29) is 11.7 Å². The van der Waals surface area contributed by atoms with E-state index in [1.165, 1.54) is 41.5 Å². The first-order valence-corrected chi connectivity index (χ1v) is 9.39. The van der Waals surface area contributed by atoms with Gasteiger partial charge >= 0.3 is 0 Å². The highest BCUT2D eigenvalue weighted by Gasteiger charge is 2.50. The summed E-state index contributed by atoms with van der Waals surface area (Å²) in [6, 6.07) is 18.4. The van der Waals surface area contributed by atoms with Crippen LogP contribution in [0.2, 0.25) is 0 Å². The highest BCUT2D eigenvalue weighted by Crippen LogP contribution is 2.57. The predicted molar refractivity (Wildman–Crippen MR) is 96.3 cm³/mol. The molecule has 2 heteroatoms. The molecular formula is C22H25NO. The molecule has 2 aromatic rings. The van der Waals surface area contributed by atoms with E-state index in [2.05, 4.69) is 60.8 Å². The van der Waals surface area contributed by atoms with E-state index in [1.54, 1.807) is 0 Å². The summed E-state index contributed by atoms with van der Waals surface area (Å²) in [6.45, 7) is 3.38. The second-order valence-electron chi connectivity index (χ2n) is 7.62. The normalized spacial score (nSPS) is 31.5. The fourth-order valence-electron chi connectivity index (χ4n) is 5.28. The number of nitrogens with one attached hydrogen (secondary N) is 1. The van der Waals surface area contributed by atoms with Crippen molar-refractivity contribution in [3.63, 3.8) is 0 Å². The van der Waals surface area contributed by atoms with Crippen molar-refractivity contribution in [2.24, 2.45) is 0 Å². The summed E-state index contributed by atoms with van der Waals surface area (Å²) in [5.74, 6) is 0.544. The Kier molecular flexibility index (Phi) is 3.33. The number of hydrogen-bond donors (Lipinski definition) is 1. The average molecular weight is 319 g/mol. The van der Waals surface area contributed by atoms with E-state index >= 15 is 0 Å². The van der Waals surface area contributed by atoms with Gasteiger partial charge in [-0.1, -0.05) is 48.5 Å². The van der Waals surface area contributed by atoms with Crippen LogP contribution in [-0.2, 0) is 10.3 Å². The van der Waals surface area contributed by atoms with Gasteiger partial charge in [0.25, 0.3) is 0 Å². The maximum absolute atomic E-state index is 6.94. The number of rotatable bonds is 3. The molecule has 2 nitrogen and oxygen atoms in total. The molecule has 1 heterocycles. The second-order valence-corrected chi connectivity index (χ2v) is 7.62. The van der Waals surface area contributed by atoms with Crippen molar-refractivity contribution in [2.45, 2.75) is 56.3 Å². The molecule has 0 spiro atoms. The van der Waals surface area contributed by atoms with Gasteiger partial charge in [0, 0.05) is 12.0 Å². The molecule has 2 bridgehead atoms. The third-order valence-corrected chi connectivity index (χ3v) is 6.38. The van der Waals surface area contributed by atoms with Gasteiger partial charge in [-0.3, -0.25) is 0 Å². The van der Waals surface area contributed by atoms with Crippen LogP contribution in [-0.4, -0.2) is 18.7 Å². The average Bonchev–Trinajstić information content (AvgIpc) is 3.17. The Bertz CT molecular complexity index is 715. The summed E-state index contributed by atoms with van der Waals surface area (Å²) in [5, 5.41) is 3.62. The number of ether oxygens (including phenoxy) is 1. The van der Waals surface area contributed by atoms with Crippen LogP contribution in [0.5, 0.6) is 0 Å². The molecule has 4 aliphatic rings. The van der Waals surface area contributed by atoms with Crippen LogP contribution in [0.15, 0.2) is 48.5 Å². The SMILES string of the molecule is CC(OC12CCC(c3ccccc31)c1ccccc12)C1CCCN1. The van der Waals surface area contributed by atoms with Crippen LogP contribution in [0.25, 0.3) is 0 Å². The van der Waals surface area contributed by atoms with Crippen molar-refractivity contribution in [1.82, 2.24) is 5.32 Å². The Balaban J connectivity index is 1.64. The zero-order valence-corrected chi connectivity index (χ0v) is 14.3. The maximum Gasteiger partial charge on any atom is 0.119 e. The lowest BCUT2D eigenvalue weighted by molar-refractivity contribution is -0.0923. The van der Waals surface area contributed by atoms with Crippen LogP contribution in [0.3, 0.4) is 0 Å². The molecule has 1 fully saturated rings. The summed E-state index contributed by atoms with van der Waals surface area (Å²) in [4.78, 5) is 0. The Hall–Kier alpha value is -1.64. The molecule has 24 heavy (non-hydrogen) atoms. The van der Waals surface area contributed by atoms with Crippen LogP contribution < -0.4 is 5.32 Å². The zero-order valence-electron chi connectivity index (χ0n) is 14.3. The molecule has 124 valence electrons. The number of benzene rings is 2. The molecule has 2 unspecified atom stereocenters. The zero-order chi connectivity index (χ0) is 16.1. The smallest absolute Gasteiger partial charge is 0.119 e. The molecule has 1 aliphatic heterocycles. The van der Waals surface area contributed by atoms with E-state index in [1.807, 2.05) is 0 Å². The molecule has 1 N–H and O–H groups in total. The predicted octanol–water partition coefficient (Wildman–Crippen LogP) is 4.33. The Morgan fingerprint density at radius 1 is 1.00 bits per heavy atom. The van der Waals surface area contributed by atoms with Crippen molar-refractivity contribution in [3.8, 4) is 0 Å². The molecule has 0 amide bonds. The lowest BCUT2D eigenvalue weighted by atomic mass is 9.61. The van der Waals surface area contributed by atoms with E-state index in [4.69, 9.17) is 4.74 Å². The van der Waals surface area contributed by atoms with E-state index in [9.17, 15) is 0 Å². The van der Waals surface area contributed by atoms with Crippen LogP contribution >= 0.6 is 0 Å². The molecule has 2 atom stereocenters. The van der Waals surface area contributed by atoms with Gasteiger partial charge < -0.3 is 10.1 Å². The topological polar surface area (TPSA) is 21.3 Å². The maximum atomic E-state index is 6.94. The molecule has 0 saturated carbocycles. The van der Waals surface area contributed by atoms with Gasteiger partial charge in [-0.25, -0.2) is 0 Å². The first-order chi connectivity index (χ1) is 11.8.